The predicted octanol–water partition coefficient (Wildman–Crippen LogP) is 15.8. The molecule has 2 unspecified atom stereocenters. The fraction of sp³-hybridized carbons (Fsp3) is 0.586. The molecule has 0 bridgehead atoms. The first kappa shape index (κ1) is 64.2. The quantitative estimate of drug-likeness (QED) is 0.0211. The van der Waals surface area contributed by atoms with Gasteiger partial charge >= 0.3 is 19.8 Å². The van der Waals surface area contributed by atoms with Crippen molar-refractivity contribution >= 4 is 19.8 Å². The van der Waals surface area contributed by atoms with Crippen LogP contribution in [0.25, 0.3) is 0 Å². The van der Waals surface area contributed by atoms with Gasteiger partial charge in [0.25, 0.3) is 0 Å². The summed E-state index contributed by atoms with van der Waals surface area (Å²) in [5.41, 5.74) is 0. The first-order chi connectivity index (χ1) is 33.0. The lowest BCUT2D eigenvalue weighted by Gasteiger charge is -2.24. The highest BCUT2D eigenvalue weighted by Gasteiger charge is 2.27. The zero-order valence-electron chi connectivity index (χ0n) is 43.3. The van der Waals surface area contributed by atoms with Gasteiger partial charge in [0.1, 0.15) is 19.8 Å². The Bertz CT molecular complexity index is 1610. The van der Waals surface area contributed by atoms with Crippen LogP contribution >= 0.6 is 7.82 Å². The number of hydrogen-bond acceptors (Lipinski definition) is 7. The number of hydrogen-bond donors (Lipinski definition) is 1. The number of quaternary nitrogens is 1. The monoisotopic (exact) mass is 965 g/mol. The Balaban J connectivity index is 4.37. The summed E-state index contributed by atoms with van der Waals surface area (Å²) in [6, 6.07) is 0. The topological polar surface area (TPSA) is 108 Å². The van der Waals surface area contributed by atoms with Gasteiger partial charge in [0.05, 0.1) is 27.7 Å². The molecule has 0 aliphatic carbocycles. The van der Waals surface area contributed by atoms with Crippen LogP contribution in [-0.2, 0) is 32.7 Å². The SMILES string of the molecule is CC/C=C\C/C=C\C/C=C\C/C=C\C/C=C\C/C=C\CCC(=O)OC(COC(=O)CCCCCCCCCCC/C=C\C/C=C\C/C=C\C/C=C\C/C=C\CC)COP(=O)(O)OCC[N+](C)(C)C. The summed E-state index contributed by atoms with van der Waals surface area (Å²) in [5.74, 6) is -0.916. The molecule has 0 saturated carbocycles. The van der Waals surface area contributed by atoms with Gasteiger partial charge < -0.3 is 18.9 Å². The van der Waals surface area contributed by atoms with Crippen LogP contribution in [0.2, 0.25) is 0 Å². The van der Waals surface area contributed by atoms with Crippen LogP contribution in [-0.4, -0.2) is 74.9 Å². The summed E-state index contributed by atoms with van der Waals surface area (Å²) >= 11 is 0. The molecule has 1 N–H and O–H groups in total. The minimum atomic E-state index is -4.41. The van der Waals surface area contributed by atoms with Crippen molar-refractivity contribution < 1.29 is 42.1 Å². The molecule has 0 rings (SSSR count). The molecule has 0 aliphatic rings. The van der Waals surface area contributed by atoms with Crippen molar-refractivity contribution in [1.82, 2.24) is 0 Å². The molecule has 0 radical (unpaired) electrons. The van der Waals surface area contributed by atoms with Crippen molar-refractivity contribution in [3.63, 3.8) is 0 Å². The fourth-order valence-corrected chi connectivity index (χ4v) is 6.98. The first-order valence-corrected chi connectivity index (χ1v) is 27.4. The Hall–Kier alpha value is -3.85. The zero-order chi connectivity index (χ0) is 49.9. The number of carbonyl (C=O) groups excluding carboxylic acids is 2. The van der Waals surface area contributed by atoms with E-state index in [0.717, 1.165) is 96.3 Å². The molecule has 0 spiro atoms. The molecule has 10 heteroatoms. The lowest BCUT2D eigenvalue weighted by Crippen LogP contribution is -2.37. The standard InChI is InChI=1S/C58H94NO8P/c1-6-8-10-12-14-16-18-20-22-24-26-27-28-29-30-31-33-34-36-38-40-42-44-46-48-50-57(60)64-54-56(55-66-68(62,63)65-53-52-59(3,4)5)67-58(61)51-49-47-45-43-41-39-37-35-32-25-23-21-19-17-15-13-11-9-7-2/h8-11,14-17,20-23,26-27,29-30,32,35,39,41,45,47,56H,6-7,12-13,18-19,24-25,28,31,33-34,36-38,40,42-44,46,48-55H2,1-5H3/p+1/b10-8-,11-9-,16-14-,17-15-,22-20-,23-21-,27-26-,30-29-,35-32-,41-39-,47-45-. The third-order valence-electron chi connectivity index (χ3n) is 10.2. The van der Waals surface area contributed by atoms with E-state index in [9.17, 15) is 19.0 Å². The average molecular weight is 965 g/mol. The van der Waals surface area contributed by atoms with Crippen molar-refractivity contribution in [3.05, 3.63) is 134 Å². The predicted molar refractivity (Wildman–Crippen MR) is 288 cm³/mol. The number of carbonyl (C=O) groups is 2. The van der Waals surface area contributed by atoms with Gasteiger partial charge in [-0.2, -0.15) is 0 Å². The normalized spacial score (nSPS) is 14.5. The van der Waals surface area contributed by atoms with E-state index in [4.69, 9.17) is 18.5 Å². The van der Waals surface area contributed by atoms with Crippen LogP contribution < -0.4 is 0 Å². The highest BCUT2D eigenvalue weighted by Crippen LogP contribution is 2.43. The average Bonchev–Trinajstić information content (AvgIpc) is 3.30. The molecular weight excluding hydrogens is 870 g/mol. The van der Waals surface area contributed by atoms with Crippen LogP contribution in [0.5, 0.6) is 0 Å². The van der Waals surface area contributed by atoms with Gasteiger partial charge in [0.2, 0.25) is 0 Å². The number of phosphoric acid groups is 1. The second kappa shape index (κ2) is 48.2. The van der Waals surface area contributed by atoms with Gasteiger partial charge in [-0.25, -0.2) is 4.57 Å². The van der Waals surface area contributed by atoms with E-state index in [1.807, 2.05) is 33.3 Å². The molecule has 0 saturated heterocycles. The Morgan fingerprint density at radius 2 is 0.824 bits per heavy atom. The second-order valence-corrected chi connectivity index (χ2v) is 19.2. The van der Waals surface area contributed by atoms with E-state index in [2.05, 4.69) is 135 Å². The van der Waals surface area contributed by atoms with Crippen LogP contribution in [0.3, 0.4) is 0 Å². The van der Waals surface area contributed by atoms with E-state index in [0.29, 0.717) is 23.9 Å². The van der Waals surface area contributed by atoms with E-state index >= 15 is 0 Å². The summed E-state index contributed by atoms with van der Waals surface area (Å²) in [7, 11) is 1.40. The number of allylic oxidation sites excluding steroid dienone is 22. The van der Waals surface area contributed by atoms with E-state index in [-0.39, 0.29) is 26.1 Å². The van der Waals surface area contributed by atoms with E-state index < -0.39 is 32.5 Å². The summed E-state index contributed by atoms with van der Waals surface area (Å²) in [6.07, 6.45) is 69.5. The fourth-order valence-electron chi connectivity index (χ4n) is 6.24. The summed E-state index contributed by atoms with van der Waals surface area (Å²) in [4.78, 5) is 35.5. The van der Waals surface area contributed by atoms with Gasteiger partial charge in [-0.1, -0.05) is 192 Å². The first-order valence-electron chi connectivity index (χ1n) is 25.9. The molecule has 0 aliphatic heterocycles. The largest absolute Gasteiger partial charge is 0.472 e. The molecule has 0 aromatic heterocycles. The van der Waals surface area contributed by atoms with E-state index in [1.165, 1.54) is 32.1 Å². The van der Waals surface area contributed by atoms with Crippen molar-refractivity contribution in [3.8, 4) is 0 Å². The van der Waals surface area contributed by atoms with Gasteiger partial charge in [-0.15, -0.1) is 0 Å². The van der Waals surface area contributed by atoms with Crippen molar-refractivity contribution in [2.75, 3.05) is 47.5 Å². The minimum absolute atomic E-state index is 0.00903. The third kappa shape index (κ3) is 51.5. The Morgan fingerprint density at radius 1 is 0.456 bits per heavy atom. The van der Waals surface area contributed by atoms with E-state index in [1.54, 1.807) is 0 Å². The maximum atomic E-state index is 12.7. The number of unbranched alkanes of at least 4 members (excludes halogenated alkanes) is 9. The zero-order valence-corrected chi connectivity index (χ0v) is 44.2. The van der Waals surface area contributed by atoms with Crippen LogP contribution in [0.4, 0.5) is 0 Å². The molecule has 0 amide bonds. The Morgan fingerprint density at radius 3 is 1.24 bits per heavy atom. The molecule has 0 heterocycles. The van der Waals surface area contributed by atoms with Gasteiger partial charge in [-0.3, -0.25) is 18.6 Å². The molecule has 384 valence electrons. The maximum Gasteiger partial charge on any atom is 0.472 e. The molecular formula is C58H95NO8P+. The third-order valence-corrected chi connectivity index (χ3v) is 11.2. The number of esters is 2. The van der Waals surface area contributed by atoms with Crippen LogP contribution in [0.15, 0.2) is 134 Å². The molecule has 0 aromatic carbocycles. The molecule has 0 fully saturated rings. The highest BCUT2D eigenvalue weighted by atomic mass is 31.2. The number of rotatable bonds is 45. The van der Waals surface area contributed by atoms with Gasteiger partial charge in [0, 0.05) is 12.8 Å². The summed E-state index contributed by atoms with van der Waals surface area (Å²) < 4.78 is 34.3. The Kier molecular flexibility index (Phi) is 45.5. The smallest absolute Gasteiger partial charge is 0.462 e. The summed E-state index contributed by atoms with van der Waals surface area (Å²) in [6.45, 7) is 4.08. The lowest BCUT2D eigenvalue weighted by atomic mass is 10.1. The molecule has 2 atom stereocenters. The second-order valence-electron chi connectivity index (χ2n) is 17.8. The van der Waals surface area contributed by atoms with Crippen molar-refractivity contribution in [1.29, 1.82) is 0 Å². The molecule has 68 heavy (non-hydrogen) atoms. The van der Waals surface area contributed by atoms with Gasteiger partial charge in [0.15, 0.2) is 6.10 Å². The Labute approximate surface area is 415 Å². The minimum Gasteiger partial charge on any atom is -0.462 e. The maximum absolute atomic E-state index is 12.7. The molecule has 0 aromatic rings. The van der Waals surface area contributed by atoms with Crippen molar-refractivity contribution in [2.45, 2.75) is 174 Å². The van der Waals surface area contributed by atoms with Crippen molar-refractivity contribution in [2.24, 2.45) is 0 Å². The lowest BCUT2D eigenvalue weighted by molar-refractivity contribution is -0.870. The number of ether oxygens (including phenoxy) is 2. The van der Waals surface area contributed by atoms with Crippen LogP contribution in [0.1, 0.15) is 168 Å². The number of nitrogens with zero attached hydrogens (tertiary/aromatic N) is 1. The summed E-state index contributed by atoms with van der Waals surface area (Å²) in [5, 5.41) is 0. The van der Waals surface area contributed by atoms with Crippen LogP contribution in [0, 0.1) is 0 Å². The number of phosphoric ester groups is 1. The molecule has 9 nitrogen and oxygen atoms in total. The van der Waals surface area contributed by atoms with Gasteiger partial charge in [-0.05, 0) is 96.3 Å². The highest BCUT2D eigenvalue weighted by molar-refractivity contribution is 7.47. The number of likely N-dealkylation sites (N-methyl/N-ethyl adjacent to an activating group) is 1.